The Kier molecular flexibility index (Phi) is 12.1. The Morgan fingerprint density at radius 3 is 2.00 bits per heavy atom. The average molecular weight is 245 g/mol. The molecule has 17 heavy (non-hydrogen) atoms. The molecule has 0 radical (unpaired) electrons. The Labute approximate surface area is 106 Å². The van der Waals surface area contributed by atoms with Gasteiger partial charge < -0.3 is 27.4 Å². The van der Waals surface area contributed by atoms with Gasteiger partial charge in [0.2, 0.25) is 0 Å². The average Bonchev–Trinajstić information content (AvgIpc) is 2.33. The molecule has 7 N–H and O–H groups in total. The van der Waals surface area contributed by atoms with E-state index in [4.69, 9.17) is 11.5 Å². The molecular weight excluding hydrogens is 214 g/mol. The van der Waals surface area contributed by atoms with Crippen molar-refractivity contribution in [3.8, 4) is 0 Å². The lowest BCUT2D eigenvalue weighted by molar-refractivity contribution is 0.369. The van der Waals surface area contributed by atoms with E-state index in [0.717, 1.165) is 52.0 Å². The minimum Gasteiger partial charge on any atom is -0.330 e. The van der Waals surface area contributed by atoms with E-state index in [2.05, 4.69) is 29.8 Å². The molecule has 0 rings (SSSR count). The summed E-state index contributed by atoms with van der Waals surface area (Å²) in [6, 6.07) is 0.489. The topological polar surface area (TPSA) is 88.1 Å². The van der Waals surface area contributed by atoms with Crippen molar-refractivity contribution < 1.29 is 0 Å². The second-order valence-corrected chi connectivity index (χ2v) is 4.28. The number of nitrogens with two attached hydrogens (primary N) is 2. The van der Waals surface area contributed by atoms with Crippen molar-refractivity contribution in [2.24, 2.45) is 11.5 Å². The quantitative estimate of drug-likeness (QED) is 0.301. The number of hydrogen-bond acceptors (Lipinski definition) is 5. The molecule has 0 fully saturated rings. The van der Waals surface area contributed by atoms with E-state index in [1.165, 1.54) is 0 Å². The van der Waals surface area contributed by atoms with Crippen molar-refractivity contribution in [2.45, 2.75) is 45.3 Å². The van der Waals surface area contributed by atoms with Crippen LogP contribution in [0.5, 0.6) is 0 Å². The van der Waals surface area contributed by atoms with Crippen molar-refractivity contribution in [3.05, 3.63) is 0 Å². The van der Waals surface area contributed by atoms with Gasteiger partial charge in [0, 0.05) is 12.6 Å². The lowest BCUT2D eigenvalue weighted by atomic mass is 10.1. The second-order valence-electron chi connectivity index (χ2n) is 4.28. The molecule has 0 bridgehead atoms. The molecule has 0 aromatic rings. The lowest BCUT2D eigenvalue weighted by Gasteiger charge is -2.24. The van der Waals surface area contributed by atoms with E-state index in [9.17, 15) is 0 Å². The molecule has 0 aliphatic rings. The minimum absolute atomic E-state index is 0.336. The standard InChI is InChI=1S/C12H31N5/c1-3-15-12(16-4-2)10-17-11(7-9-14)6-5-8-13/h11-12,15-17H,3-10,13-14H2,1-2H3. The fourth-order valence-corrected chi connectivity index (χ4v) is 1.91. The summed E-state index contributed by atoms with van der Waals surface area (Å²) in [6.07, 6.45) is 3.53. The van der Waals surface area contributed by atoms with E-state index in [1.54, 1.807) is 0 Å². The first-order chi connectivity index (χ1) is 8.28. The smallest absolute Gasteiger partial charge is 0.0700 e. The van der Waals surface area contributed by atoms with E-state index < -0.39 is 0 Å². The maximum atomic E-state index is 5.62. The van der Waals surface area contributed by atoms with Crippen LogP contribution in [-0.4, -0.2) is 44.9 Å². The van der Waals surface area contributed by atoms with Crippen LogP contribution in [0.4, 0.5) is 0 Å². The normalized spacial score (nSPS) is 13.2. The minimum atomic E-state index is 0.336. The molecule has 0 spiro atoms. The fourth-order valence-electron chi connectivity index (χ4n) is 1.91. The van der Waals surface area contributed by atoms with Crippen LogP contribution in [0.15, 0.2) is 0 Å². The number of likely N-dealkylation sites (N-methyl/N-ethyl adjacent to an activating group) is 2. The maximum Gasteiger partial charge on any atom is 0.0700 e. The highest BCUT2D eigenvalue weighted by atomic mass is 15.1. The Balaban J connectivity index is 3.87. The van der Waals surface area contributed by atoms with E-state index >= 15 is 0 Å². The molecule has 0 heterocycles. The predicted molar refractivity (Wildman–Crippen MR) is 74.9 cm³/mol. The molecule has 1 atom stereocenters. The molecule has 5 nitrogen and oxygen atoms in total. The van der Waals surface area contributed by atoms with Crippen molar-refractivity contribution in [2.75, 3.05) is 32.7 Å². The summed E-state index contributed by atoms with van der Waals surface area (Å²) in [5, 5.41) is 10.4. The Morgan fingerprint density at radius 2 is 1.53 bits per heavy atom. The van der Waals surface area contributed by atoms with Crippen molar-refractivity contribution in [1.29, 1.82) is 0 Å². The van der Waals surface area contributed by atoms with Crippen LogP contribution in [0, 0.1) is 0 Å². The number of nitrogens with one attached hydrogen (secondary N) is 3. The molecule has 104 valence electrons. The summed E-state index contributed by atoms with van der Waals surface area (Å²) in [7, 11) is 0. The molecule has 0 aliphatic carbocycles. The first-order valence-electron chi connectivity index (χ1n) is 6.88. The molecule has 0 aromatic carbocycles. The number of rotatable bonds is 12. The molecule has 0 saturated heterocycles. The highest BCUT2D eigenvalue weighted by Gasteiger charge is 2.10. The highest BCUT2D eigenvalue weighted by Crippen LogP contribution is 2.00. The Hall–Kier alpha value is -0.200. The molecular formula is C12H31N5. The zero-order valence-corrected chi connectivity index (χ0v) is 11.5. The third-order valence-corrected chi connectivity index (χ3v) is 2.78. The molecule has 0 amide bonds. The van der Waals surface area contributed by atoms with Gasteiger partial charge in [-0.1, -0.05) is 13.8 Å². The highest BCUT2D eigenvalue weighted by molar-refractivity contribution is 4.73. The largest absolute Gasteiger partial charge is 0.330 e. The van der Waals surface area contributed by atoms with Crippen LogP contribution >= 0.6 is 0 Å². The monoisotopic (exact) mass is 245 g/mol. The van der Waals surface area contributed by atoms with Crippen LogP contribution < -0.4 is 27.4 Å². The van der Waals surface area contributed by atoms with Crippen LogP contribution in [0.3, 0.4) is 0 Å². The molecule has 0 aliphatic heterocycles. The second kappa shape index (κ2) is 12.3. The molecule has 5 heteroatoms. The third-order valence-electron chi connectivity index (χ3n) is 2.78. The van der Waals surface area contributed by atoms with Crippen molar-refractivity contribution >= 4 is 0 Å². The zero-order valence-electron chi connectivity index (χ0n) is 11.5. The maximum absolute atomic E-state index is 5.62. The Bertz CT molecular complexity index is 148. The van der Waals surface area contributed by atoms with Gasteiger partial charge in [0.15, 0.2) is 0 Å². The van der Waals surface area contributed by atoms with Gasteiger partial charge in [0.25, 0.3) is 0 Å². The first-order valence-corrected chi connectivity index (χ1v) is 6.88. The molecule has 1 unspecified atom stereocenters. The Morgan fingerprint density at radius 1 is 0.882 bits per heavy atom. The third kappa shape index (κ3) is 9.50. The van der Waals surface area contributed by atoms with Crippen molar-refractivity contribution in [1.82, 2.24) is 16.0 Å². The van der Waals surface area contributed by atoms with Gasteiger partial charge in [-0.25, -0.2) is 0 Å². The van der Waals surface area contributed by atoms with E-state index in [-0.39, 0.29) is 0 Å². The van der Waals surface area contributed by atoms with Crippen molar-refractivity contribution in [3.63, 3.8) is 0 Å². The predicted octanol–water partition coefficient (Wildman–Crippen LogP) is -0.423. The molecule has 0 aromatic heterocycles. The van der Waals surface area contributed by atoms with Gasteiger partial charge in [-0.2, -0.15) is 0 Å². The van der Waals surface area contributed by atoms with Gasteiger partial charge in [0.05, 0.1) is 6.17 Å². The van der Waals surface area contributed by atoms with Crippen LogP contribution in [-0.2, 0) is 0 Å². The number of hydrogen-bond donors (Lipinski definition) is 5. The fraction of sp³-hybridized carbons (Fsp3) is 1.00. The lowest BCUT2D eigenvalue weighted by Crippen LogP contribution is -2.51. The van der Waals surface area contributed by atoms with Crippen LogP contribution in [0.2, 0.25) is 0 Å². The summed E-state index contributed by atoms with van der Waals surface area (Å²) in [5.41, 5.74) is 11.2. The summed E-state index contributed by atoms with van der Waals surface area (Å²) < 4.78 is 0. The first kappa shape index (κ1) is 16.8. The van der Waals surface area contributed by atoms with E-state index in [1.807, 2.05) is 0 Å². The summed E-state index contributed by atoms with van der Waals surface area (Å²) in [4.78, 5) is 0. The molecule has 0 saturated carbocycles. The summed E-state index contributed by atoms with van der Waals surface area (Å²) in [5.74, 6) is 0. The van der Waals surface area contributed by atoms with Gasteiger partial charge in [0.1, 0.15) is 0 Å². The van der Waals surface area contributed by atoms with Crippen LogP contribution in [0.25, 0.3) is 0 Å². The summed E-state index contributed by atoms with van der Waals surface area (Å²) in [6.45, 7) is 8.61. The van der Waals surface area contributed by atoms with Gasteiger partial charge >= 0.3 is 0 Å². The SMILES string of the molecule is CCNC(CNC(CCN)CCCN)NCC. The van der Waals surface area contributed by atoms with Gasteiger partial charge in [-0.15, -0.1) is 0 Å². The summed E-state index contributed by atoms with van der Waals surface area (Å²) >= 11 is 0. The van der Waals surface area contributed by atoms with Crippen LogP contribution in [0.1, 0.15) is 33.1 Å². The zero-order chi connectivity index (χ0) is 12.9. The van der Waals surface area contributed by atoms with Gasteiger partial charge in [-0.3, -0.25) is 0 Å². The van der Waals surface area contributed by atoms with E-state index in [0.29, 0.717) is 12.2 Å². The van der Waals surface area contributed by atoms with Gasteiger partial charge in [-0.05, 0) is 45.4 Å².